The first-order valence-corrected chi connectivity index (χ1v) is 6.01. The van der Waals surface area contributed by atoms with Gasteiger partial charge >= 0.3 is 0 Å². The van der Waals surface area contributed by atoms with E-state index in [1.165, 1.54) is 0 Å². The second-order valence-electron chi connectivity index (χ2n) is 4.14. The summed E-state index contributed by atoms with van der Waals surface area (Å²) in [4.78, 5) is 4.55. The van der Waals surface area contributed by atoms with Crippen LogP contribution in [0.25, 0.3) is 17.0 Å². The molecule has 0 unspecified atom stereocenters. The van der Waals surface area contributed by atoms with Crippen LogP contribution in [0.15, 0.2) is 42.6 Å². The van der Waals surface area contributed by atoms with Gasteiger partial charge in [0.25, 0.3) is 0 Å². The molecule has 0 aliphatic rings. The number of nitrogens with zero attached hydrogens (tertiary/aromatic N) is 3. The Morgan fingerprint density at radius 3 is 2.84 bits per heavy atom. The number of hydrogen-bond donors (Lipinski definition) is 1. The third-order valence-electron chi connectivity index (χ3n) is 3.01. The van der Waals surface area contributed by atoms with Gasteiger partial charge in [-0.3, -0.25) is 0 Å². The molecule has 0 saturated carbocycles. The van der Waals surface area contributed by atoms with Crippen molar-refractivity contribution in [3.05, 3.63) is 48.2 Å². The van der Waals surface area contributed by atoms with Gasteiger partial charge in [0.1, 0.15) is 5.75 Å². The minimum absolute atomic E-state index is 0.439. The van der Waals surface area contributed by atoms with Gasteiger partial charge in [-0.15, -0.1) is 5.10 Å². The van der Waals surface area contributed by atoms with E-state index in [0.717, 1.165) is 22.5 Å². The van der Waals surface area contributed by atoms with Crippen LogP contribution in [0.5, 0.6) is 5.75 Å². The van der Waals surface area contributed by atoms with Crippen molar-refractivity contribution in [1.82, 2.24) is 14.6 Å². The average Bonchev–Trinajstić information content (AvgIpc) is 2.90. The molecule has 96 valence electrons. The van der Waals surface area contributed by atoms with E-state index >= 15 is 0 Å². The van der Waals surface area contributed by atoms with E-state index in [-0.39, 0.29) is 0 Å². The predicted octanol–water partition coefficient (Wildman–Crippen LogP) is 1.86. The normalized spacial score (nSPS) is 10.8. The van der Waals surface area contributed by atoms with Crippen molar-refractivity contribution in [1.29, 1.82) is 0 Å². The second kappa shape index (κ2) is 4.70. The molecule has 19 heavy (non-hydrogen) atoms. The van der Waals surface area contributed by atoms with Crippen LogP contribution < -0.4 is 10.5 Å². The highest BCUT2D eigenvalue weighted by atomic mass is 16.5. The molecular weight excluding hydrogens is 240 g/mol. The number of nitrogens with two attached hydrogens (primary N) is 1. The smallest absolute Gasteiger partial charge is 0.185 e. The third-order valence-corrected chi connectivity index (χ3v) is 3.01. The lowest BCUT2D eigenvalue weighted by atomic mass is 10.2. The molecule has 1 aromatic carbocycles. The number of pyridine rings is 1. The fourth-order valence-corrected chi connectivity index (χ4v) is 2.06. The summed E-state index contributed by atoms with van der Waals surface area (Å²) in [7, 11) is 1.64. The SMILES string of the molecule is COc1ccccc1-c1nc2c(CN)cccn2n1. The molecular formula is C14H14N4O. The highest BCUT2D eigenvalue weighted by Crippen LogP contribution is 2.27. The highest BCUT2D eigenvalue weighted by Gasteiger charge is 2.12. The molecule has 3 rings (SSSR count). The van der Waals surface area contributed by atoms with Crippen LogP contribution in [-0.4, -0.2) is 21.7 Å². The topological polar surface area (TPSA) is 65.4 Å². The highest BCUT2D eigenvalue weighted by molar-refractivity contribution is 5.66. The van der Waals surface area contributed by atoms with Gasteiger partial charge in [0.2, 0.25) is 0 Å². The van der Waals surface area contributed by atoms with E-state index in [4.69, 9.17) is 10.5 Å². The van der Waals surface area contributed by atoms with Crippen LogP contribution >= 0.6 is 0 Å². The number of fused-ring (bicyclic) bond motifs is 1. The monoisotopic (exact) mass is 254 g/mol. The molecule has 0 fully saturated rings. The zero-order valence-corrected chi connectivity index (χ0v) is 10.6. The van der Waals surface area contributed by atoms with Crippen LogP contribution in [0.2, 0.25) is 0 Å². The van der Waals surface area contributed by atoms with Gasteiger partial charge in [-0.25, -0.2) is 9.50 Å². The van der Waals surface area contributed by atoms with E-state index in [9.17, 15) is 0 Å². The Kier molecular flexibility index (Phi) is 2.89. The molecule has 5 heteroatoms. The van der Waals surface area contributed by atoms with Crippen molar-refractivity contribution < 1.29 is 4.74 Å². The Hall–Kier alpha value is -2.40. The quantitative estimate of drug-likeness (QED) is 0.774. The summed E-state index contributed by atoms with van der Waals surface area (Å²) in [5, 5.41) is 4.47. The van der Waals surface area contributed by atoms with Crippen molar-refractivity contribution in [2.24, 2.45) is 5.73 Å². The van der Waals surface area contributed by atoms with Crippen molar-refractivity contribution in [2.75, 3.05) is 7.11 Å². The zero-order chi connectivity index (χ0) is 13.2. The van der Waals surface area contributed by atoms with Crippen LogP contribution in [0.3, 0.4) is 0 Å². The number of hydrogen-bond acceptors (Lipinski definition) is 4. The molecule has 0 aliphatic heterocycles. The van der Waals surface area contributed by atoms with Crippen molar-refractivity contribution in [3.63, 3.8) is 0 Å². The molecule has 2 N–H and O–H groups in total. The lowest BCUT2D eigenvalue weighted by Crippen LogP contribution is -1.99. The van der Waals surface area contributed by atoms with Gasteiger partial charge in [-0.2, -0.15) is 0 Å². The molecule has 2 aromatic heterocycles. The first-order chi connectivity index (χ1) is 9.33. The fraction of sp³-hybridized carbons (Fsp3) is 0.143. The number of para-hydroxylation sites is 1. The molecule has 0 atom stereocenters. The van der Waals surface area contributed by atoms with Gasteiger partial charge < -0.3 is 10.5 Å². The maximum Gasteiger partial charge on any atom is 0.185 e. The average molecular weight is 254 g/mol. The standard InChI is InChI=1S/C14H14N4O/c1-19-12-7-3-2-6-11(12)13-16-14-10(9-15)5-4-8-18(14)17-13/h2-8H,9,15H2,1H3. The molecule has 0 aliphatic carbocycles. The van der Waals surface area contributed by atoms with Crippen LogP contribution in [0.1, 0.15) is 5.56 Å². The summed E-state index contributed by atoms with van der Waals surface area (Å²) >= 11 is 0. The van der Waals surface area contributed by atoms with Gasteiger partial charge in [0.05, 0.1) is 12.7 Å². The lowest BCUT2D eigenvalue weighted by molar-refractivity contribution is 0.416. The second-order valence-corrected chi connectivity index (χ2v) is 4.14. The third kappa shape index (κ3) is 1.94. The molecule has 0 saturated heterocycles. The van der Waals surface area contributed by atoms with Crippen LogP contribution in [-0.2, 0) is 6.54 Å². The Morgan fingerprint density at radius 1 is 1.21 bits per heavy atom. The van der Waals surface area contributed by atoms with E-state index in [1.807, 2.05) is 42.6 Å². The molecule has 2 heterocycles. The van der Waals surface area contributed by atoms with Crippen molar-refractivity contribution in [2.45, 2.75) is 6.54 Å². The molecule has 0 radical (unpaired) electrons. The minimum atomic E-state index is 0.439. The molecule has 0 bridgehead atoms. The predicted molar refractivity (Wildman–Crippen MR) is 72.9 cm³/mol. The molecule has 5 nitrogen and oxygen atoms in total. The van der Waals surface area contributed by atoms with E-state index in [2.05, 4.69) is 10.1 Å². The first-order valence-electron chi connectivity index (χ1n) is 6.01. The Balaban J connectivity index is 2.21. The van der Waals surface area contributed by atoms with Crippen molar-refractivity contribution >= 4 is 5.65 Å². The summed E-state index contributed by atoms with van der Waals surface area (Å²) in [6.45, 7) is 0.439. The summed E-state index contributed by atoms with van der Waals surface area (Å²) in [6, 6.07) is 11.6. The fourth-order valence-electron chi connectivity index (χ4n) is 2.06. The molecule has 0 spiro atoms. The maximum absolute atomic E-state index is 5.71. The zero-order valence-electron chi connectivity index (χ0n) is 10.6. The Labute approximate surface area is 110 Å². The molecule has 3 aromatic rings. The number of rotatable bonds is 3. The Bertz CT molecular complexity index is 720. The number of aromatic nitrogens is 3. The summed E-state index contributed by atoms with van der Waals surface area (Å²) in [5.41, 5.74) is 8.34. The Morgan fingerprint density at radius 2 is 2.05 bits per heavy atom. The van der Waals surface area contributed by atoms with Gasteiger partial charge in [-0.05, 0) is 18.2 Å². The van der Waals surface area contributed by atoms with E-state index in [1.54, 1.807) is 11.6 Å². The van der Waals surface area contributed by atoms with Gasteiger partial charge in [0, 0.05) is 18.3 Å². The summed E-state index contributed by atoms with van der Waals surface area (Å²) in [6.07, 6.45) is 1.86. The maximum atomic E-state index is 5.71. The van der Waals surface area contributed by atoms with Gasteiger partial charge in [-0.1, -0.05) is 18.2 Å². The minimum Gasteiger partial charge on any atom is -0.496 e. The molecule has 0 amide bonds. The number of benzene rings is 1. The lowest BCUT2D eigenvalue weighted by Gasteiger charge is -2.03. The van der Waals surface area contributed by atoms with Gasteiger partial charge in [0.15, 0.2) is 11.5 Å². The van der Waals surface area contributed by atoms with Crippen LogP contribution in [0.4, 0.5) is 0 Å². The van der Waals surface area contributed by atoms with E-state index < -0.39 is 0 Å². The van der Waals surface area contributed by atoms with Crippen LogP contribution in [0, 0.1) is 0 Å². The first kappa shape index (κ1) is 11.7. The largest absolute Gasteiger partial charge is 0.496 e. The van der Waals surface area contributed by atoms with E-state index in [0.29, 0.717) is 12.4 Å². The summed E-state index contributed by atoms with van der Waals surface area (Å²) < 4.78 is 7.08. The van der Waals surface area contributed by atoms with Crippen molar-refractivity contribution in [3.8, 4) is 17.1 Å². The number of methoxy groups -OCH3 is 1. The summed E-state index contributed by atoms with van der Waals surface area (Å²) in [5.74, 6) is 1.39. The number of ether oxygens (including phenoxy) is 1.